The normalized spacial score (nSPS) is 11.2. The van der Waals surface area contributed by atoms with Crippen LogP contribution < -0.4 is 5.32 Å². The summed E-state index contributed by atoms with van der Waals surface area (Å²) in [5, 5.41) is 6.76. The lowest BCUT2D eigenvalue weighted by atomic mass is 10.1. The van der Waals surface area contributed by atoms with Gasteiger partial charge in [0.1, 0.15) is 0 Å². The van der Waals surface area contributed by atoms with E-state index in [0.717, 1.165) is 16.8 Å². The molecule has 0 fully saturated rings. The Morgan fingerprint density at radius 3 is 2.65 bits per heavy atom. The lowest BCUT2D eigenvalue weighted by molar-refractivity contribution is -0.120. The topological polar surface area (TPSA) is 76.1 Å². The van der Waals surface area contributed by atoms with Gasteiger partial charge in [-0.25, -0.2) is 8.42 Å². The van der Waals surface area contributed by atoms with Crippen LogP contribution in [0.25, 0.3) is 11.3 Å². The van der Waals surface area contributed by atoms with E-state index in [1.807, 2.05) is 29.0 Å². The number of carbonyl (C=O) groups excluding carboxylic acids is 1. The second-order valence-corrected chi connectivity index (χ2v) is 8.61. The Hall–Kier alpha value is -2.51. The van der Waals surface area contributed by atoms with Gasteiger partial charge < -0.3 is 5.32 Å². The molecule has 0 bridgehead atoms. The van der Waals surface area contributed by atoms with E-state index in [2.05, 4.69) is 10.3 Å². The summed E-state index contributed by atoms with van der Waals surface area (Å²) in [6, 6.07) is 13.9. The summed E-state index contributed by atoms with van der Waals surface area (Å²) in [6.07, 6.45) is 1.63. The van der Waals surface area contributed by atoms with Gasteiger partial charge in [-0.15, -0.1) is 0 Å². The molecule has 1 aromatic carbocycles. The second kappa shape index (κ2) is 8.25. The Morgan fingerprint density at radius 1 is 1.12 bits per heavy atom. The number of hydrogen-bond donors (Lipinski definition) is 1. The standard InChI is InChI=1S/C19H18N2O3S2/c22-19(8-11-26(23,24)17-4-2-1-3-5-17)21-13-15-6-9-20-18(12-15)16-7-10-25-14-16/h1-7,9-10,12,14H,8,11,13H2,(H,21,22). The third-order valence-electron chi connectivity index (χ3n) is 3.83. The van der Waals surface area contributed by atoms with E-state index in [4.69, 9.17) is 0 Å². The molecule has 0 unspecified atom stereocenters. The molecule has 0 atom stereocenters. The van der Waals surface area contributed by atoms with Crippen molar-refractivity contribution in [2.45, 2.75) is 17.9 Å². The van der Waals surface area contributed by atoms with Crippen LogP contribution in [-0.4, -0.2) is 25.1 Å². The Kier molecular flexibility index (Phi) is 5.80. The van der Waals surface area contributed by atoms with Crippen molar-refractivity contribution in [1.82, 2.24) is 10.3 Å². The largest absolute Gasteiger partial charge is 0.352 e. The average Bonchev–Trinajstić information content (AvgIpc) is 3.21. The SMILES string of the molecule is O=C(CCS(=O)(=O)c1ccccc1)NCc1ccnc(-c2ccsc2)c1. The van der Waals surface area contributed by atoms with E-state index >= 15 is 0 Å². The minimum Gasteiger partial charge on any atom is -0.352 e. The zero-order valence-corrected chi connectivity index (χ0v) is 15.6. The van der Waals surface area contributed by atoms with Crippen molar-refractivity contribution >= 4 is 27.1 Å². The fourth-order valence-corrected chi connectivity index (χ4v) is 4.33. The van der Waals surface area contributed by atoms with Crippen LogP contribution >= 0.6 is 11.3 Å². The fraction of sp³-hybridized carbons (Fsp3) is 0.158. The van der Waals surface area contributed by atoms with Gasteiger partial charge in [0.2, 0.25) is 5.91 Å². The molecule has 1 amide bonds. The van der Waals surface area contributed by atoms with Gasteiger partial charge >= 0.3 is 0 Å². The number of nitrogens with zero attached hydrogens (tertiary/aromatic N) is 1. The molecule has 2 aromatic heterocycles. The zero-order valence-electron chi connectivity index (χ0n) is 14.0. The van der Waals surface area contributed by atoms with Crippen LogP contribution in [0.2, 0.25) is 0 Å². The maximum absolute atomic E-state index is 12.2. The quantitative estimate of drug-likeness (QED) is 0.676. The zero-order chi connectivity index (χ0) is 18.4. The Labute approximate surface area is 156 Å². The highest BCUT2D eigenvalue weighted by molar-refractivity contribution is 7.91. The molecule has 3 rings (SSSR count). The Bertz CT molecular complexity index is 969. The molecule has 0 aliphatic rings. The number of pyridine rings is 1. The average molecular weight is 386 g/mol. The summed E-state index contributed by atoms with van der Waals surface area (Å²) in [7, 11) is -3.44. The van der Waals surface area contributed by atoms with Crippen molar-refractivity contribution in [3.63, 3.8) is 0 Å². The van der Waals surface area contributed by atoms with Crippen LogP contribution in [0.4, 0.5) is 0 Å². The molecule has 7 heteroatoms. The summed E-state index contributed by atoms with van der Waals surface area (Å²) in [5.74, 6) is -0.502. The van der Waals surface area contributed by atoms with Crippen LogP contribution in [0, 0.1) is 0 Å². The van der Waals surface area contributed by atoms with Gasteiger partial charge in [-0.05, 0) is 41.3 Å². The first-order valence-corrected chi connectivity index (χ1v) is 10.7. The predicted molar refractivity (Wildman–Crippen MR) is 103 cm³/mol. The number of carbonyl (C=O) groups is 1. The highest BCUT2D eigenvalue weighted by atomic mass is 32.2. The van der Waals surface area contributed by atoms with Crippen molar-refractivity contribution in [2.24, 2.45) is 0 Å². The van der Waals surface area contributed by atoms with Crippen LogP contribution in [0.3, 0.4) is 0 Å². The summed E-state index contributed by atoms with van der Waals surface area (Å²) in [5.41, 5.74) is 2.81. The number of thiophene rings is 1. The van der Waals surface area contributed by atoms with Gasteiger partial charge in [0, 0.05) is 30.1 Å². The summed E-state index contributed by atoms with van der Waals surface area (Å²) >= 11 is 1.60. The van der Waals surface area contributed by atoms with Gasteiger partial charge in [0.25, 0.3) is 0 Å². The molecule has 1 N–H and O–H groups in total. The fourth-order valence-electron chi connectivity index (χ4n) is 2.41. The number of rotatable bonds is 7. The molecule has 5 nitrogen and oxygen atoms in total. The van der Waals surface area contributed by atoms with Gasteiger partial charge in [0.05, 0.1) is 16.3 Å². The predicted octanol–water partition coefficient (Wildman–Crippen LogP) is 3.29. The van der Waals surface area contributed by atoms with Crippen molar-refractivity contribution in [3.8, 4) is 11.3 Å². The minimum atomic E-state index is -3.44. The van der Waals surface area contributed by atoms with E-state index in [9.17, 15) is 13.2 Å². The minimum absolute atomic E-state index is 0.0697. The monoisotopic (exact) mass is 386 g/mol. The van der Waals surface area contributed by atoms with Crippen LogP contribution in [0.15, 0.2) is 70.4 Å². The van der Waals surface area contributed by atoms with Crippen LogP contribution in [-0.2, 0) is 21.2 Å². The molecular formula is C19H18N2O3S2. The lowest BCUT2D eigenvalue weighted by Crippen LogP contribution is -2.25. The molecule has 134 valence electrons. The number of hydrogen-bond acceptors (Lipinski definition) is 5. The Balaban J connectivity index is 1.54. The molecule has 26 heavy (non-hydrogen) atoms. The smallest absolute Gasteiger partial charge is 0.221 e. The van der Waals surface area contributed by atoms with Crippen molar-refractivity contribution < 1.29 is 13.2 Å². The van der Waals surface area contributed by atoms with E-state index in [1.165, 1.54) is 12.1 Å². The van der Waals surface area contributed by atoms with Crippen molar-refractivity contribution in [1.29, 1.82) is 0 Å². The van der Waals surface area contributed by atoms with E-state index < -0.39 is 9.84 Å². The molecule has 0 saturated heterocycles. The summed E-state index contributed by atoms with van der Waals surface area (Å²) in [6.45, 7) is 0.337. The maximum Gasteiger partial charge on any atom is 0.221 e. The van der Waals surface area contributed by atoms with Crippen molar-refractivity contribution in [2.75, 3.05) is 5.75 Å². The first kappa shape index (κ1) is 18.3. The van der Waals surface area contributed by atoms with Gasteiger partial charge in [-0.2, -0.15) is 11.3 Å². The number of amides is 1. The molecule has 0 spiro atoms. The van der Waals surface area contributed by atoms with Crippen LogP contribution in [0.1, 0.15) is 12.0 Å². The van der Waals surface area contributed by atoms with Gasteiger partial charge in [-0.1, -0.05) is 18.2 Å². The molecule has 2 heterocycles. The number of sulfone groups is 1. The van der Waals surface area contributed by atoms with Gasteiger partial charge in [0.15, 0.2) is 9.84 Å². The first-order valence-electron chi connectivity index (χ1n) is 8.06. The highest BCUT2D eigenvalue weighted by Crippen LogP contribution is 2.20. The number of nitrogens with one attached hydrogen (secondary N) is 1. The third kappa shape index (κ3) is 4.77. The number of aromatic nitrogens is 1. The molecule has 0 aliphatic heterocycles. The second-order valence-electron chi connectivity index (χ2n) is 5.72. The van der Waals surface area contributed by atoms with Crippen molar-refractivity contribution in [3.05, 3.63) is 71.1 Å². The number of benzene rings is 1. The lowest BCUT2D eigenvalue weighted by Gasteiger charge is -2.07. The highest BCUT2D eigenvalue weighted by Gasteiger charge is 2.16. The molecule has 3 aromatic rings. The van der Waals surface area contributed by atoms with E-state index in [-0.39, 0.29) is 23.0 Å². The molecule has 0 radical (unpaired) electrons. The third-order valence-corrected chi connectivity index (χ3v) is 6.25. The van der Waals surface area contributed by atoms with E-state index in [1.54, 1.807) is 35.7 Å². The van der Waals surface area contributed by atoms with Crippen LogP contribution in [0.5, 0.6) is 0 Å². The van der Waals surface area contributed by atoms with E-state index in [0.29, 0.717) is 6.54 Å². The first-order chi connectivity index (χ1) is 12.5. The maximum atomic E-state index is 12.2. The van der Waals surface area contributed by atoms with Gasteiger partial charge in [-0.3, -0.25) is 9.78 Å². The Morgan fingerprint density at radius 2 is 1.92 bits per heavy atom. The summed E-state index contributed by atoms with van der Waals surface area (Å²) < 4.78 is 24.4. The molecule has 0 saturated carbocycles. The molecular weight excluding hydrogens is 368 g/mol. The summed E-state index contributed by atoms with van der Waals surface area (Å²) in [4.78, 5) is 16.6. The molecule has 0 aliphatic carbocycles.